The Morgan fingerprint density at radius 1 is 1.11 bits per heavy atom. The first-order chi connectivity index (χ1) is 13.8. The molecule has 1 aromatic heterocycles. The summed E-state index contributed by atoms with van der Waals surface area (Å²) >= 11 is 0. The zero-order valence-corrected chi connectivity index (χ0v) is 15.8. The minimum Gasteiger partial charge on any atom is -0.492 e. The highest BCUT2D eigenvalue weighted by Gasteiger charge is 2.28. The first-order valence-corrected chi connectivity index (χ1v) is 9.57. The summed E-state index contributed by atoms with van der Waals surface area (Å²) in [5.41, 5.74) is 3.02. The van der Waals surface area contributed by atoms with Crippen molar-refractivity contribution in [3.8, 4) is 28.5 Å². The molecule has 144 valence electrons. The van der Waals surface area contributed by atoms with Gasteiger partial charge in [-0.1, -0.05) is 23.4 Å². The molecule has 0 amide bonds. The molecule has 0 saturated carbocycles. The van der Waals surface area contributed by atoms with Gasteiger partial charge in [-0.25, -0.2) is 0 Å². The van der Waals surface area contributed by atoms with Crippen molar-refractivity contribution < 1.29 is 18.7 Å². The number of nitrogens with zero attached hydrogens (tertiary/aromatic N) is 2. The number of hydrogen-bond acceptors (Lipinski definition) is 6. The Morgan fingerprint density at radius 2 is 1.96 bits per heavy atom. The number of fused-ring (bicyclic) bond motifs is 2. The number of para-hydroxylation sites is 1. The predicted molar refractivity (Wildman–Crippen MR) is 104 cm³/mol. The van der Waals surface area contributed by atoms with E-state index in [0.717, 1.165) is 59.3 Å². The maximum absolute atomic E-state index is 5.94. The Kier molecular flexibility index (Phi) is 4.41. The minimum absolute atomic E-state index is 0.266. The molecule has 2 aromatic carbocycles. The second kappa shape index (κ2) is 7.20. The SMILES string of the molecule is C[C@@H](COc1ccccc1)N1CCc2onc(-c3ccc4c(c3)OCO4)c2C1. The van der Waals surface area contributed by atoms with Crippen molar-refractivity contribution >= 4 is 0 Å². The summed E-state index contributed by atoms with van der Waals surface area (Å²) in [5.74, 6) is 3.40. The highest BCUT2D eigenvalue weighted by molar-refractivity contribution is 5.67. The molecule has 3 heterocycles. The maximum Gasteiger partial charge on any atom is 0.231 e. The Bertz CT molecular complexity index is 970. The molecule has 0 radical (unpaired) electrons. The molecule has 5 rings (SSSR count). The van der Waals surface area contributed by atoms with Crippen LogP contribution in [0.1, 0.15) is 18.2 Å². The largest absolute Gasteiger partial charge is 0.492 e. The average Bonchev–Trinajstić information content (AvgIpc) is 3.38. The topological polar surface area (TPSA) is 57.0 Å². The van der Waals surface area contributed by atoms with Crippen LogP contribution >= 0.6 is 0 Å². The van der Waals surface area contributed by atoms with Crippen LogP contribution < -0.4 is 14.2 Å². The van der Waals surface area contributed by atoms with Gasteiger partial charge in [0.1, 0.15) is 23.8 Å². The molecule has 3 aromatic rings. The van der Waals surface area contributed by atoms with Crippen LogP contribution in [0.5, 0.6) is 17.2 Å². The van der Waals surface area contributed by atoms with Crippen LogP contribution in [0, 0.1) is 0 Å². The van der Waals surface area contributed by atoms with Crippen LogP contribution in [0.15, 0.2) is 53.1 Å². The summed E-state index contributed by atoms with van der Waals surface area (Å²) in [6, 6.07) is 16.1. The van der Waals surface area contributed by atoms with Crippen molar-refractivity contribution in [3.05, 3.63) is 59.9 Å². The molecule has 0 N–H and O–H groups in total. The normalized spacial score (nSPS) is 16.6. The summed E-state index contributed by atoms with van der Waals surface area (Å²) in [5, 5.41) is 4.35. The maximum atomic E-state index is 5.94. The molecule has 0 aliphatic carbocycles. The van der Waals surface area contributed by atoms with Crippen LogP contribution in [0.4, 0.5) is 0 Å². The molecule has 1 atom stereocenters. The van der Waals surface area contributed by atoms with Gasteiger partial charge in [0.05, 0.1) is 0 Å². The molecule has 2 aliphatic rings. The Balaban J connectivity index is 1.32. The van der Waals surface area contributed by atoms with Gasteiger partial charge in [-0.3, -0.25) is 4.90 Å². The molecule has 6 heteroatoms. The molecule has 0 bridgehead atoms. The fourth-order valence-corrected chi connectivity index (χ4v) is 3.72. The summed E-state index contributed by atoms with van der Waals surface area (Å²) in [7, 11) is 0. The summed E-state index contributed by atoms with van der Waals surface area (Å²) in [6.45, 7) is 4.83. The quantitative estimate of drug-likeness (QED) is 0.671. The molecule has 2 aliphatic heterocycles. The van der Waals surface area contributed by atoms with Crippen LogP contribution in [0.25, 0.3) is 11.3 Å². The third-order valence-electron chi connectivity index (χ3n) is 5.36. The number of benzene rings is 2. The van der Waals surface area contributed by atoms with Crippen LogP contribution in [-0.2, 0) is 13.0 Å². The minimum atomic E-state index is 0.266. The standard InChI is InChI=1S/C22H22N2O4/c1-15(13-25-17-5-3-2-4-6-17)24-10-9-19-18(12-24)22(23-28-19)16-7-8-20-21(11-16)27-14-26-20/h2-8,11,15H,9-10,12-14H2,1H3/t15-/m0/s1. The van der Waals surface area contributed by atoms with E-state index in [1.807, 2.05) is 48.5 Å². The number of ether oxygens (including phenoxy) is 3. The lowest BCUT2D eigenvalue weighted by Gasteiger charge is -2.31. The van der Waals surface area contributed by atoms with Crippen molar-refractivity contribution in [2.45, 2.75) is 25.9 Å². The molecule has 0 fully saturated rings. The molecule has 0 unspecified atom stereocenters. The van der Waals surface area contributed by atoms with E-state index >= 15 is 0 Å². The van der Waals surface area contributed by atoms with Gasteiger partial charge in [0, 0.05) is 36.7 Å². The summed E-state index contributed by atoms with van der Waals surface area (Å²) in [6.07, 6.45) is 0.850. The van der Waals surface area contributed by atoms with Gasteiger partial charge in [0.25, 0.3) is 0 Å². The van der Waals surface area contributed by atoms with E-state index in [-0.39, 0.29) is 12.8 Å². The van der Waals surface area contributed by atoms with E-state index in [9.17, 15) is 0 Å². The van der Waals surface area contributed by atoms with Crippen LogP contribution in [-0.4, -0.2) is 36.0 Å². The molecular weight excluding hydrogens is 356 g/mol. The number of rotatable bonds is 5. The first kappa shape index (κ1) is 17.1. The Hall–Kier alpha value is -2.99. The zero-order chi connectivity index (χ0) is 18.9. The van der Waals surface area contributed by atoms with Gasteiger partial charge >= 0.3 is 0 Å². The third kappa shape index (κ3) is 3.20. The smallest absolute Gasteiger partial charge is 0.231 e. The molecular formula is C22H22N2O4. The molecule has 6 nitrogen and oxygen atoms in total. The Morgan fingerprint density at radius 3 is 2.86 bits per heavy atom. The van der Waals surface area contributed by atoms with E-state index in [4.69, 9.17) is 18.7 Å². The molecule has 28 heavy (non-hydrogen) atoms. The first-order valence-electron chi connectivity index (χ1n) is 9.57. The predicted octanol–water partition coefficient (Wildman–Crippen LogP) is 3.90. The summed E-state index contributed by atoms with van der Waals surface area (Å²) in [4.78, 5) is 2.42. The van der Waals surface area contributed by atoms with Crippen molar-refractivity contribution in [2.75, 3.05) is 19.9 Å². The van der Waals surface area contributed by atoms with Crippen LogP contribution in [0.3, 0.4) is 0 Å². The highest BCUT2D eigenvalue weighted by Crippen LogP contribution is 2.38. The Labute approximate surface area is 163 Å². The van der Waals surface area contributed by atoms with E-state index in [2.05, 4.69) is 17.0 Å². The average molecular weight is 378 g/mol. The van der Waals surface area contributed by atoms with E-state index in [1.165, 1.54) is 0 Å². The zero-order valence-electron chi connectivity index (χ0n) is 15.8. The lowest BCUT2D eigenvalue weighted by molar-refractivity contribution is 0.129. The van der Waals surface area contributed by atoms with Gasteiger partial charge in [-0.2, -0.15) is 0 Å². The van der Waals surface area contributed by atoms with Crippen molar-refractivity contribution in [1.29, 1.82) is 0 Å². The van der Waals surface area contributed by atoms with E-state index in [0.29, 0.717) is 6.61 Å². The van der Waals surface area contributed by atoms with Gasteiger partial charge in [-0.05, 0) is 37.3 Å². The molecule has 0 spiro atoms. The highest BCUT2D eigenvalue weighted by atomic mass is 16.7. The lowest BCUT2D eigenvalue weighted by Crippen LogP contribution is -2.40. The monoisotopic (exact) mass is 378 g/mol. The van der Waals surface area contributed by atoms with Crippen molar-refractivity contribution in [1.82, 2.24) is 10.1 Å². The fraction of sp³-hybridized carbons (Fsp3) is 0.318. The van der Waals surface area contributed by atoms with Gasteiger partial charge in [0.2, 0.25) is 6.79 Å². The second-order valence-electron chi connectivity index (χ2n) is 7.19. The lowest BCUT2D eigenvalue weighted by atomic mass is 10.00. The molecule has 0 saturated heterocycles. The second-order valence-corrected chi connectivity index (χ2v) is 7.19. The fourth-order valence-electron chi connectivity index (χ4n) is 3.72. The third-order valence-corrected chi connectivity index (χ3v) is 5.36. The van der Waals surface area contributed by atoms with Crippen molar-refractivity contribution in [2.24, 2.45) is 0 Å². The van der Waals surface area contributed by atoms with E-state index < -0.39 is 0 Å². The van der Waals surface area contributed by atoms with Gasteiger partial charge in [0.15, 0.2) is 11.5 Å². The van der Waals surface area contributed by atoms with E-state index in [1.54, 1.807) is 0 Å². The van der Waals surface area contributed by atoms with Gasteiger partial charge < -0.3 is 18.7 Å². The number of aromatic nitrogens is 1. The summed E-state index contributed by atoms with van der Waals surface area (Å²) < 4.78 is 22.5. The number of hydrogen-bond donors (Lipinski definition) is 0. The van der Waals surface area contributed by atoms with Crippen molar-refractivity contribution in [3.63, 3.8) is 0 Å². The van der Waals surface area contributed by atoms with Gasteiger partial charge in [-0.15, -0.1) is 0 Å². The van der Waals surface area contributed by atoms with Crippen LogP contribution in [0.2, 0.25) is 0 Å².